The molecule has 0 spiro atoms. The molecular formula is C27H22N4O9. The standard InChI is InChI=1S/C27H22N4O9/c1-36-17-7-3-15(4-8-17)22-24-26(30-40-29-24)23(16-5-9-18(37-2)10-6-16)28-25(22)27(35)38-14-13-21(34)39-31-19(32)11-12-20(31)33/h3-12,32-33H,13-14H2,1-2H3. The van der Waals surface area contributed by atoms with Gasteiger partial charge < -0.3 is 29.3 Å². The Balaban J connectivity index is 1.48. The van der Waals surface area contributed by atoms with Crippen molar-refractivity contribution in [3.63, 3.8) is 0 Å². The molecule has 3 aromatic heterocycles. The fourth-order valence-electron chi connectivity index (χ4n) is 3.91. The van der Waals surface area contributed by atoms with Crippen LogP contribution >= 0.6 is 0 Å². The minimum Gasteiger partial charge on any atom is -0.497 e. The van der Waals surface area contributed by atoms with Crippen LogP contribution < -0.4 is 14.3 Å². The molecule has 40 heavy (non-hydrogen) atoms. The molecule has 5 aromatic rings. The zero-order chi connectivity index (χ0) is 28.2. The van der Waals surface area contributed by atoms with Crippen molar-refractivity contribution in [1.29, 1.82) is 0 Å². The molecule has 13 nitrogen and oxygen atoms in total. The number of pyridine rings is 1. The number of ether oxygens (including phenoxy) is 3. The second kappa shape index (κ2) is 11.0. The quantitative estimate of drug-likeness (QED) is 0.259. The third kappa shape index (κ3) is 5.07. The van der Waals surface area contributed by atoms with Gasteiger partial charge in [-0.05, 0) is 52.3 Å². The number of carbonyl (C=O) groups is 2. The van der Waals surface area contributed by atoms with Gasteiger partial charge in [-0.1, -0.05) is 12.1 Å². The lowest BCUT2D eigenvalue weighted by Gasteiger charge is -2.13. The molecule has 0 aliphatic carbocycles. The summed E-state index contributed by atoms with van der Waals surface area (Å²) < 4.78 is 21.4. The van der Waals surface area contributed by atoms with Crippen LogP contribution in [0.5, 0.6) is 23.3 Å². The Kier molecular flexibility index (Phi) is 7.18. The summed E-state index contributed by atoms with van der Waals surface area (Å²) in [4.78, 5) is 35.0. The van der Waals surface area contributed by atoms with Crippen LogP contribution in [0.1, 0.15) is 16.9 Å². The largest absolute Gasteiger partial charge is 0.497 e. The summed E-state index contributed by atoms with van der Waals surface area (Å²) in [7, 11) is 3.08. The summed E-state index contributed by atoms with van der Waals surface area (Å²) in [5.74, 6) is -1.43. The normalized spacial score (nSPS) is 10.8. The fraction of sp³-hybridized carbons (Fsp3) is 0.148. The summed E-state index contributed by atoms with van der Waals surface area (Å²) in [5.41, 5.74) is 2.32. The van der Waals surface area contributed by atoms with Crippen LogP contribution in [-0.2, 0) is 9.53 Å². The van der Waals surface area contributed by atoms with Crippen LogP contribution in [0.4, 0.5) is 0 Å². The third-order valence-corrected chi connectivity index (χ3v) is 5.88. The number of hydrogen-bond donors (Lipinski definition) is 2. The van der Waals surface area contributed by atoms with Gasteiger partial charge in [-0.25, -0.2) is 19.2 Å². The summed E-state index contributed by atoms with van der Waals surface area (Å²) in [6.07, 6.45) is -0.375. The maximum atomic E-state index is 13.4. The predicted octanol–water partition coefficient (Wildman–Crippen LogP) is 3.38. The highest BCUT2D eigenvalue weighted by Crippen LogP contribution is 2.36. The van der Waals surface area contributed by atoms with E-state index in [0.29, 0.717) is 44.1 Å². The van der Waals surface area contributed by atoms with E-state index in [1.54, 1.807) is 55.6 Å². The first-order valence-corrected chi connectivity index (χ1v) is 11.8. The van der Waals surface area contributed by atoms with Crippen LogP contribution in [0.2, 0.25) is 0 Å². The lowest BCUT2D eigenvalue weighted by molar-refractivity contribution is -0.146. The number of aromatic nitrogens is 4. The van der Waals surface area contributed by atoms with E-state index in [9.17, 15) is 19.8 Å². The topological polar surface area (TPSA) is 168 Å². The van der Waals surface area contributed by atoms with E-state index in [1.807, 2.05) is 0 Å². The van der Waals surface area contributed by atoms with Crippen LogP contribution in [-0.4, -0.2) is 63.0 Å². The molecule has 0 bridgehead atoms. The number of nitrogens with zero attached hydrogens (tertiary/aromatic N) is 4. The molecule has 2 aromatic carbocycles. The molecule has 3 heterocycles. The molecule has 0 aliphatic heterocycles. The third-order valence-electron chi connectivity index (χ3n) is 5.88. The van der Waals surface area contributed by atoms with Crippen molar-refractivity contribution >= 4 is 23.0 Å². The van der Waals surface area contributed by atoms with Crippen LogP contribution in [0.15, 0.2) is 65.3 Å². The molecule has 0 saturated heterocycles. The molecule has 0 fully saturated rings. The molecule has 13 heteroatoms. The molecule has 0 saturated carbocycles. The molecule has 0 amide bonds. The summed E-state index contributed by atoms with van der Waals surface area (Å²) in [6, 6.07) is 16.1. The van der Waals surface area contributed by atoms with Gasteiger partial charge in [-0.2, -0.15) is 0 Å². The minimum absolute atomic E-state index is 0.0896. The van der Waals surface area contributed by atoms with E-state index in [-0.39, 0.29) is 24.2 Å². The van der Waals surface area contributed by atoms with Crippen LogP contribution in [0, 0.1) is 0 Å². The molecule has 0 atom stereocenters. The minimum atomic E-state index is -0.868. The molecular weight excluding hydrogens is 524 g/mol. The van der Waals surface area contributed by atoms with Gasteiger partial charge >= 0.3 is 11.9 Å². The maximum Gasteiger partial charge on any atom is 0.357 e. The average molecular weight is 546 g/mol. The molecule has 2 N–H and O–H groups in total. The van der Waals surface area contributed by atoms with Crippen molar-refractivity contribution in [2.24, 2.45) is 0 Å². The number of methoxy groups -OCH3 is 2. The van der Waals surface area contributed by atoms with Gasteiger partial charge in [-0.15, -0.1) is 4.73 Å². The highest BCUT2D eigenvalue weighted by molar-refractivity contribution is 6.07. The van der Waals surface area contributed by atoms with Crippen molar-refractivity contribution in [2.75, 3.05) is 20.8 Å². The number of carbonyl (C=O) groups excluding carboxylic acids is 2. The van der Waals surface area contributed by atoms with Crippen molar-refractivity contribution in [3.05, 3.63) is 66.4 Å². The Morgan fingerprint density at radius 2 is 1.40 bits per heavy atom. The summed E-state index contributed by atoms with van der Waals surface area (Å²) in [5, 5.41) is 27.3. The van der Waals surface area contributed by atoms with Crippen molar-refractivity contribution in [3.8, 4) is 45.6 Å². The Morgan fingerprint density at radius 3 is 2.00 bits per heavy atom. The summed E-state index contributed by atoms with van der Waals surface area (Å²) >= 11 is 0. The molecule has 5 rings (SSSR count). The molecule has 0 aliphatic rings. The second-order valence-electron chi connectivity index (χ2n) is 8.30. The Hall–Kier alpha value is -5.59. The van der Waals surface area contributed by atoms with Gasteiger partial charge in [-0.3, -0.25) is 0 Å². The Labute approximate surface area is 226 Å². The van der Waals surface area contributed by atoms with Crippen molar-refractivity contribution in [1.82, 2.24) is 20.0 Å². The van der Waals surface area contributed by atoms with Gasteiger partial charge in [0.15, 0.2) is 11.2 Å². The monoisotopic (exact) mass is 546 g/mol. The van der Waals surface area contributed by atoms with Gasteiger partial charge in [0.2, 0.25) is 11.8 Å². The second-order valence-corrected chi connectivity index (χ2v) is 8.30. The van der Waals surface area contributed by atoms with Gasteiger partial charge in [0.25, 0.3) is 0 Å². The highest BCUT2D eigenvalue weighted by atomic mass is 16.7. The number of rotatable bonds is 9. The van der Waals surface area contributed by atoms with Gasteiger partial charge in [0.1, 0.15) is 29.3 Å². The number of benzene rings is 2. The SMILES string of the molecule is COc1ccc(-c2nc(C(=O)OCCC(=O)On3c(O)ccc3O)c(-c3ccc(OC)cc3)c3nonc23)cc1. The average Bonchev–Trinajstić information content (AvgIpc) is 3.59. The zero-order valence-electron chi connectivity index (χ0n) is 21.2. The fourth-order valence-corrected chi connectivity index (χ4v) is 3.91. The summed E-state index contributed by atoms with van der Waals surface area (Å²) in [6.45, 7) is -0.378. The van der Waals surface area contributed by atoms with E-state index in [0.717, 1.165) is 12.1 Å². The maximum absolute atomic E-state index is 13.4. The molecule has 204 valence electrons. The lowest BCUT2D eigenvalue weighted by atomic mass is 9.99. The van der Waals surface area contributed by atoms with Crippen molar-refractivity contribution < 1.29 is 43.5 Å². The van der Waals surface area contributed by atoms with Gasteiger partial charge in [0, 0.05) is 23.3 Å². The first kappa shape index (κ1) is 26.0. The molecule has 0 radical (unpaired) electrons. The number of esters is 1. The molecule has 0 unspecified atom stereocenters. The van der Waals surface area contributed by atoms with E-state index >= 15 is 0 Å². The van der Waals surface area contributed by atoms with E-state index < -0.39 is 23.7 Å². The first-order valence-electron chi connectivity index (χ1n) is 11.8. The zero-order valence-corrected chi connectivity index (χ0v) is 21.2. The van der Waals surface area contributed by atoms with Gasteiger partial charge in [0.05, 0.1) is 20.6 Å². The van der Waals surface area contributed by atoms with E-state index in [1.165, 1.54) is 7.11 Å². The smallest absolute Gasteiger partial charge is 0.357 e. The number of hydrogen-bond acceptors (Lipinski definition) is 12. The highest BCUT2D eigenvalue weighted by Gasteiger charge is 2.26. The van der Waals surface area contributed by atoms with Crippen LogP contribution in [0.25, 0.3) is 33.4 Å². The Bertz CT molecular complexity index is 1660. The van der Waals surface area contributed by atoms with Crippen molar-refractivity contribution in [2.45, 2.75) is 6.42 Å². The van der Waals surface area contributed by atoms with E-state index in [4.69, 9.17) is 23.7 Å². The van der Waals surface area contributed by atoms with Crippen LogP contribution in [0.3, 0.4) is 0 Å². The Morgan fingerprint density at radius 1 is 0.825 bits per heavy atom. The lowest BCUT2D eigenvalue weighted by Crippen LogP contribution is -2.21. The number of aromatic hydroxyl groups is 2. The predicted molar refractivity (Wildman–Crippen MR) is 138 cm³/mol. The number of fused-ring (bicyclic) bond motifs is 1. The van der Waals surface area contributed by atoms with E-state index in [2.05, 4.69) is 15.3 Å². The first-order chi connectivity index (χ1) is 19.4.